The zero-order valence-electron chi connectivity index (χ0n) is 16.9. The number of pyridine rings is 1. The number of hydrogen-bond acceptors (Lipinski definition) is 4. The number of rotatable bonds is 5. The van der Waals surface area contributed by atoms with Crippen LogP contribution in [-0.2, 0) is 4.79 Å². The molecule has 0 aliphatic heterocycles. The first-order valence-corrected chi connectivity index (χ1v) is 11.3. The molecule has 2 heterocycles. The predicted octanol–water partition coefficient (Wildman–Crippen LogP) is 5.84. The van der Waals surface area contributed by atoms with Crippen LogP contribution >= 0.6 is 27.7 Å². The molecule has 0 saturated carbocycles. The third-order valence-corrected chi connectivity index (χ3v) is 6.35. The summed E-state index contributed by atoms with van der Waals surface area (Å²) in [5.41, 5.74) is 6.94. The van der Waals surface area contributed by atoms with Crippen LogP contribution in [0.15, 0.2) is 64.4 Å². The van der Waals surface area contributed by atoms with Gasteiger partial charge in [-0.2, -0.15) is 0 Å². The van der Waals surface area contributed by atoms with E-state index in [1.54, 1.807) is 6.20 Å². The Bertz CT molecular complexity index is 1230. The number of anilines is 1. The molecule has 0 spiro atoms. The fraction of sp³-hybridized carbons (Fsp3) is 0.174. The minimum Gasteiger partial charge on any atom is -0.324 e. The molecule has 1 amide bonds. The lowest BCUT2D eigenvalue weighted by atomic mass is 10.1. The first-order valence-electron chi connectivity index (χ1n) is 9.53. The predicted molar refractivity (Wildman–Crippen MR) is 127 cm³/mol. The van der Waals surface area contributed by atoms with Crippen molar-refractivity contribution < 1.29 is 4.79 Å². The zero-order chi connectivity index (χ0) is 21.3. The van der Waals surface area contributed by atoms with Gasteiger partial charge in [-0.3, -0.25) is 9.36 Å². The Morgan fingerprint density at radius 3 is 2.57 bits per heavy atom. The molecule has 0 aliphatic rings. The summed E-state index contributed by atoms with van der Waals surface area (Å²) < 4.78 is 2.92. The SMILES string of the molecule is Cc1cc(C)c(-n2c(SCC(=O)Nc3ccccc3Br)nc3cccnc32)c(C)c1. The summed E-state index contributed by atoms with van der Waals surface area (Å²) in [5, 5.41) is 3.70. The third kappa shape index (κ3) is 4.13. The second kappa shape index (κ2) is 8.62. The molecule has 0 fully saturated rings. The molecule has 0 aliphatic carbocycles. The van der Waals surface area contributed by atoms with Crippen molar-refractivity contribution in [3.8, 4) is 5.69 Å². The number of amides is 1. The molecule has 0 bridgehead atoms. The molecule has 30 heavy (non-hydrogen) atoms. The van der Waals surface area contributed by atoms with Gasteiger partial charge in [-0.15, -0.1) is 0 Å². The van der Waals surface area contributed by atoms with Gasteiger partial charge in [0.05, 0.1) is 17.1 Å². The van der Waals surface area contributed by atoms with Crippen LogP contribution in [0.2, 0.25) is 0 Å². The van der Waals surface area contributed by atoms with Gasteiger partial charge in [0.1, 0.15) is 5.52 Å². The Kier molecular flexibility index (Phi) is 5.92. The first-order chi connectivity index (χ1) is 14.4. The Labute approximate surface area is 188 Å². The maximum atomic E-state index is 12.6. The molecule has 0 saturated heterocycles. The van der Waals surface area contributed by atoms with E-state index in [-0.39, 0.29) is 11.7 Å². The number of nitrogens with zero attached hydrogens (tertiary/aromatic N) is 3. The number of halogens is 1. The Morgan fingerprint density at radius 1 is 1.10 bits per heavy atom. The number of aromatic nitrogens is 3. The van der Waals surface area contributed by atoms with E-state index >= 15 is 0 Å². The van der Waals surface area contributed by atoms with Crippen molar-refractivity contribution in [2.75, 3.05) is 11.1 Å². The summed E-state index contributed by atoms with van der Waals surface area (Å²) >= 11 is 4.87. The molecule has 2 aromatic heterocycles. The van der Waals surface area contributed by atoms with Crippen LogP contribution < -0.4 is 5.32 Å². The van der Waals surface area contributed by atoms with E-state index in [1.165, 1.54) is 17.3 Å². The lowest BCUT2D eigenvalue weighted by Gasteiger charge is -2.15. The summed E-state index contributed by atoms with van der Waals surface area (Å²) in [4.78, 5) is 21.9. The minimum absolute atomic E-state index is 0.0872. The van der Waals surface area contributed by atoms with Gasteiger partial charge in [0, 0.05) is 10.7 Å². The van der Waals surface area contributed by atoms with Crippen molar-refractivity contribution in [2.45, 2.75) is 25.9 Å². The fourth-order valence-electron chi connectivity index (χ4n) is 3.59. The largest absolute Gasteiger partial charge is 0.324 e. The van der Waals surface area contributed by atoms with Gasteiger partial charge in [-0.25, -0.2) is 9.97 Å². The standard InChI is InChI=1S/C23H21BrN4OS/c1-14-11-15(2)21(16(3)12-14)28-22-19(9-6-10-25-22)27-23(28)30-13-20(29)26-18-8-5-4-7-17(18)24/h4-12H,13H2,1-3H3,(H,26,29). The lowest BCUT2D eigenvalue weighted by molar-refractivity contribution is -0.113. The van der Waals surface area contributed by atoms with Crippen LogP contribution in [0, 0.1) is 20.8 Å². The van der Waals surface area contributed by atoms with Gasteiger partial charge in [0.2, 0.25) is 5.91 Å². The number of thioether (sulfide) groups is 1. The highest BCUT2D eigenvalue weighted by molar-refractivity contribution is 9.10. The summed E-state index contributed by atoms with van der Waals surface area (Å²) in [6.07, 6.45) is 1.77. The number of carbonyl (C=O) groups is 1. The van der Waals surface area contributed by atoms with E-state index in [0.29, 0.717) is 0 Å². The first kappa shape index (κ1) is 20.6. The summed E-state index contributed by atoms with van der Waals surface area (Å²) in [5.74, 6) is 0.157. The van der Waals surface area contributed by atoms with Gasteiger partial charge >= 0.3 is 0 Å². The maximum Gasteiger partial charge on any atom is 0.234 e. The van der Waals surface area contributed by atoms with E-state index in [4.69, 9.17) is 4.98 Å². The Balaban J connectivity index is 1.68. The lowest BCUT2D eigenvalue weighted by Crippen LogP contribution is -2.15. The molecule has 4 aromatic rings. The number of benzene rings is 2. The smallest absolute Gasteiger partial charge is 0.234 e. The Hall–Kier alpha value is -2.64. The van der Waals surface area contributed by atoms with E-state index in [1.807, 2.05) is 36.4 Å². The molecule has 4 rings (SSSR count). The van der Waals surface area contributed by atoms with E-state index in [0.717, 1.165) is 43.3 Å². The highest BCUT2D eigenvalue weighted by Gasteiger charge is 2.18. The maximum absolute atomic E-state index is 12.6. The number of fused-ring (bicyclic) bond motifs is 1. The normalized spacial score (nSPS) is 11.1. The second-order valence-corrected chi connectivity index (χ2v) is 8.94. The quantitative estimate of drug-likeness (QED) is 0.364. The molecule has 1 N–H and O–H groups in total. The van der Waals surface area contributed by atoms with Gasteiger partial charge in [0.25, 0.3) is 0 Å². The van der Waals surface area contributed by atoms with Crippen molar-refractivity contribution in [3.05, 3.63) is 75.9 Å². The van der Waals surface area contributed by atoms with Crippen molar-refractivity contribution in [1.29, 1.82) is 0 Å². The van der Waals surface area contributed by atoms with Gasteiger partial charge in [-0.1, -0.05) is 41.6 Å². The monoisotopic (exact) mass is 480 g/mol. The third-order valence-electron chi connectivity index (χ3n) is 4.72. The van der Waals surface area contributed by atoms with Crippen LogP contribution in [0.3, 0.4) is 0 Å². The topological polar surface area (TPSA) is 59.8 Å². The van der Waals surface area contributed by atoms with Crippen molar-refractivity contribution in [1.82, 2.24) is 14.5 Å². The summed E-state index contributed by atoms with van der Waals surface area (Å²) in [7, 11) is 0. The summed E-state index contributed by atoms with van der Waals surface area (Å²) in [6.45, 7) is 6.28. The highest BCUT2D eigenvalue weighted by atomic mass is 79.9. The van der Waals surface area contributed by atoms with E-state index in [2.05, 4.69) is 63.7 Å². The van der Waals surface area contributed by atoms with E-state index in [9.17, 15) is 4.79 Å². The number of hydrogen-bond donors (Lipinski definition) is 1. The van der Waals surface area contributed by atoms with Crippen LogP contribution in [-0.4, -0.2) is 26.2 Å². The van der Waals surface area contributed by atoms with Gasteiger partial charge in [-0.05, 0) is 72.1 Å². The molecular formula is C23H21BrN4OS. The average molecular weight is 481 g/mol. The number of aryl methyl sites for hydroxylation is 3. The van der Waals surface area contributed by atoms with Crippen LogP contribution in [0.4, 0.5) is 5.69 Å². The van der Waals surface area contributed by atoms with Crippen LogP contribution in [0.1, 0.15) is 16.7 Å². The van der Waals surface area contributed by atoms with Crippen molar-refractivity contribution in [3.63, 3.8) is 0 Å². The number of imidazole rings is 1. The number of para-hydroxylation sites is 1. The zero-order valence-corrected chi connectivity index (χ0v) is 19.3. The average Bonchev–Trinajstić information content (AvgIpc) is 3.06. The Morgan fingerprint density at radius 2 is 1.83 bits per heavy atom. The summed E-state index contributed by atoms with van der Waals surface area (Å²) in [6, 6.07) is 15.7. The molecule has 0 atom stereocenters. The van der Waals surface area contributed by atoms with Crippen molar-refractivity contribution in [2.24, 2.45) is 0 Å². The molecule has 152 valence electrons. The molecule has 5 nitrogen and oxygen atoms in total. The minimum atomic E-state index is -0.0872. The number of nitrogens with one attached hydrogen (secondary N) is 1. The second-order valence-electron chi connectivity index (χ2n) is 7.14. The highest BCUT2D eigenvalue weighted by Crippen LogP contribution is 2.31. The van der Waals surface area contributed by atoms with Crippen LogP contribution in [0.25, 0.3) is 16.9 Å². The number of carbonyl (C=O) groups excluding carboxylic acids is 1. The van der Waals surface area contributed by atoms with E-state index < -0.39 is 0 Å². The molecule has 2 aromatic carbocycles. The molecule has 7 heteroatoms. The molecule has 0 unspecified atom stereocenters. The molecular weight excluding hydrogens is 460 g/mol. The van der Waals surface area contributed by atoms with Crippen LogP contribution in [0.5, 0.6) is 0 Å². The molecule has 0 radical (unpaired) electrons. The van der Waals surface area contributed by atoms with Crippen molar-refractivity contribution >= 4 is 50.5 Å². The van der Waals surface area contributed by atoms with Gasteiger partial charge in [0.15, 0.2) is 10.8 Å². The fourth-order valence-corrected chi connectivity index (χ4v) is 4.78. The van der Waals surface area contributed by atoms with Gasteiger partial charge < -0.3 is 5.32 Å².